The van der Waals surface area contributed by atoms with Gasteiger partial charge in [0.1, 0.15) is 17.3 Å². The Balaban J connectivity index is 1.61. The highest BCUT2D eigenvalue weighted by Gasteiger charge is 2.10. The van der Waals surface area contributed by atoms with Gasteiger partial charge in [-0.3, -0.25) is 9.78 Å². The molecule has 0 unspecified atom stereocenters. The number of halogens is 2. The molecule has 0 spiro atoms. The van der Waals surface area contributed by atoms with E-state index in [9.17, 15) is 9.18 Å². The van der Waals surface area contributed by atoms with E-state index in [1.807, 2.05) is 12.1 Å². The number of pyridine rings is 1. The normalized spacial score (nSPS) is 10.3. The van der Waals surface area contributed by atoms with Crippen LogP contribution in [0.2, 0.25) is 5.02 Å². The number of carbonyl (C=O) groups excluding carboxylic acids is 1. The zero-order valence-electron chi connectivity index (χ0n) is 12.9. The number of hydrogen-bond acceptors (Lipinski definition) is 5. The summed E-state index contributed by atoms with van der Waals surface area (Å²) in [6, 6.07) is 7.69. The Bertz CT molecular complexity index is 874. The third kappa shape index (κ3) is 4.48. The minimum Gasteiger partial charge on any atom is -0.365 e. The largest absolute Gasteiger partial charge is 0.365 e. The predicted octanol–water partition coefficient (Wildman–Crippen LogP) is 3.53. The minimum absolute atomic E-state index is 0.0699. The van der Waals surface area contributed by atoms with Crippen molar-refractivity contribution in [3.8, 4) is 0 Å². The summed E-state index contributed by atoms with van der Waals surface area (Å²) in [5.41, 5.74) is 1.56. The second kappa shape index (κ2) is 7.67. The minimum atomic E-state index is -0.552. The molecule has 126 valence electrons. The van der Waals surface area contributed by atoms with Gasteiger partial charge in [0, 0.05) is 24.6 Å². The molecule has 0 saturated carbocycles. The van der Waals surface area contributed by atoms with Crippen LogP contribution in [-0.4, -0.2) is 20.9 Å². The first-order valence-electron chi connectivity index (χ1n) is 7.33. The van der Waals surface area contributed by atoms with Crippen LogP contribution in [0, 0.1) is 5.82 Å². The van der Waals surface area contributed by atoms with Gasteiger partial charge in [0.25, 0.3) is 5.91 Å². The van der Waals surface area contributed by atoms with E-state index in [0.717, 1.165) is 5.56 Å². The first kappa shape index (κ1) is 16.8. The number of anilines is 2. The zero-order chi connectivity index (χ0) is 17.6. The van der Waals surface area contributed by atoms with Crippen LogP contribution in [0.4, 0.5) is 15.9 Å². The van der Waals surface area contributed by atoms with Crippen molar-refractivity contribution in [2.24, 2.45) is 0 Å². The zero-order valence-corrected chi connectivity index (χ0v) is 13.7. The lowest BCUT2D eigenvalue weighted by atomic mass is 10.3. The summed E-state index contributed by atoms with van der Waals surface area (Å²) in [6.45, 7) is 0.566. The average molecular weight is 358 g/mol. The summed E-state index contributed by atoms with van der Waals surface area (Å²) in [4.78, 5) is 24.3. The standard InChI is InChI=1S/C17H13ClFN5O/c18-13-7-12(1-2-14(13)19)24-17(25)15-9-23-16(10-21-15)22-8-11-3-5-20-6-4-11/h1-7,9-10H,8H2,(H,22,23)(H,24,25). The van der Waals surface area contributed by atoms with Gasteiger partial charge in [0.15, 0.2) is 0 Å². The maximum Gasteiger partial charge on any atom is 0.275 e. The van der Waals surface area contributed by atoms with Gasteiger partial charge in [0.2, 0.25) is 0 Å². The average Bonchev–Trinajstić information content (AvgIpc) is 2.64. The monoisotopic (exact) mass is 357 g/mol. The Hall–Kier alpha value is -3.06. The molecule has 6 nitrogen and oxygen atoms in total. The van der Waals surface area contributed by atoms with Crippen LogP contribution in [0.5, 0.6) is 0 Å². The number of aromatic nitrogens is 3. The van der Waals surface area contributed by atoms with E-state index in [-0.39, 0.29) is 10.7 Å². The van der Waals surface area contributed by atoms with E-state index in [4.69, 9.17) is 11.6 Å². The van der Waals surface area contributed by atoms with Gasteiger partial charge in [-0.15, -0.1) is 0 Å². The van der Waals surface area contributed by atoms with Crippen molar-refractivity contribution in [1.29, 1.82) is 0 Å². The number of nitrogens with zero attached hydrogens (tertiary/aromatic N) is 3. The third-order valence-electron chi connectivity index (χ3n) is 3.28. The fourth-order valence-electron chi connectivity index (χ4n) is 2.00. The van der Waals surface area contributed by atoms with E-state index in [2.05, 4.69) is 25.6 Å². The summed E-state index contributed by atoms with van der Waals surface area (Å²) < 4.78 is 13.1. The molecule has 25 heavy (non-hydrogen) atoms. The molecule has 1 aromatic carbocycles. The lowest BCUT2D eigenvalue weighted by molar-refractivity contribution is 0.102. The van der Waals surface area contributed by atoms with E-state index in [0.29, 0.717) is 18.1 Å². The number of rotatable bonds is 5. The van der Waals surface area contributed by atoms with Gasteiger partial charge in [-0.25, -0.2) is 14.4 Å². The molecule has 0 aliphatic carbocycles. The molecular formula is C17H13ClFN5O. The quantitative estimate of drug-likeness (QED) is 0.730. The lowest BCUT2D eigenvalue weighted by Gasteiger charge is -2.07. The van der Waals surface area contributed by atoms with Crippen molar-refractivity contribution < 1.29 is 9.18 Å². The van der Waals surface area contributed by atoms with E-state index < -0.39 is 11.7 Å². The fraction of sp³-hybridized carbons (Fsp3) is 0.0588. The fourth-order valence-corrected chi connectivity index (χ4v) is 2.18. The molecule has 0 radical (unpaired) electrons. The van der Waals surface area contributed by atoms with Crippen molar-refractivity contribution in [1.82, 2.24) is 15.0 Å². The van der Waals surface area contributed by atoms with Crippen molar-refractivity contribution in [2.75, 3.05) is 10.6 Å². The third-order valence-corrected chi connectivity index (χ3v) is 3.57. The van der Waals surface area contributed by atoms with E-state index in [1.165, 1.54) is 30.6 Å². The summed E-state index contributed by atoms with van der Waals surface area (Å²) in [6.07, 6.45) is 6.23. The molecule has 3 aromatic rings. The predicted molar refractivity (Wildman–Crippen MR) is 93.0 cm³/mol. The number of benzene rings is 1. The van der Waals surface area contributed by atoms with E-state index in [1.54, 1.807) is 12.4 Å². The van der Waals surface area contributed by atoms with Gasteiger partial charge < -0.3 is 10.6 Å². The molecule has 8 heteroatoms. The Morgan fingerprint density at radius 1 is 1.12 bits per heavy atom. The lowest BCUT2D eigenvalue weighted by Crippen LogP contribution is -2.14. The second-order valence-corrected chi connectivity index (χ2v) is 5.49. The summed E-state index contributed by atoms with van der Waals surface area (Å²) in [7, 11) is 0. The van der Waals surface area contributed by atoms with Gasteiger partial charge >= 0.3 is 0 Å². The summed E-state index contributed by atoms with van der Waals surface area (Å²) in [5, 5.41) is 5.61. The van der Waals surface area contributed by atoms with Crippen molar-refractivity contribution >= 4 is 29.0 Å². The molecule has 0 bridgehead atoms. The number of carbonyl (C=O) groups is 1. The molecule has 2 N–H and O–H groups in total. The molecule has 0 fully saturated rings. The number of nitrogens with one attached hydrogen (secondary N) is 2. The maximum absolute atomic E-state index is 13.1. The highest BCUT2D eigenvalue weighted by molar-refractivity contribution is 6.31. The molecule has 3 rings (SSSR count). The van der Waals surface area contributed by atoms with Crippen LogP contribution in [0.1, 0.15) is 16.1 Å². The summed E-state index contributed by atoms with van der Waals surface area (Å²) >= 11 is 5.68. The highest BCUT2D eigenvalue weighted by Crippen LogP contribution is 2.19. The molecule has 0 aliphatic rings. The SMILES string of the molecule is O=C(Nc1ccc(F)c(Cl)c1)c1cnc(NCc2ccncc2)cn1. The number of amides is 1. The van der Waals surface area contributed by atoms with Crippen molar-refractivity contribution in [3.05, 3.63) is 77.2 Å². The van der Waals surface area contributed by atoms with Gasteiger partial charge in [-0.05, 0) is 35.9 Å². The Morgan fingerprint density at radius 3 is 2.60 bits per heavy atom. The van der Waals surface area contributed by atoms with Crippen molar-refractivity contribution in [3.63, 3.8) is 0 Å². The first-order valence-corrected chi connectivity index (χ1v) is 7.71. The molecule has 0 saturated heterocycles. The smallest absolute Gasteiger partial charge is 0.275 e. The Kier molecular flexibility index (Phi) is 5.15. The van der Waals surface area contributed by atoms with Gasteiger partial charge in [0.05, 0.1) is 17.4 Å². The summed E-state index contributed by atoms with van der Waals surface area (Å²) in [5.74, 6) is -0.474. The number of hydrogen-bond donors (Lipinski definition) is 2. The van der Waals surface area contributed by atoms with Crippen LogP contribution >= 0.6 is 11.6 Å². The van der Waals surface area contributed by atoms with Crippen molar-refractivity contribution in [2.45, 2.75) is 6.54 Å². The molecular weight excluding hydrogens is 345 g/mol. The van der Waals surface area contributed by atoms with Gasteiger partial charge in [-0.1, -0.05) is 11.6 Å². The Morgan fingerprint density at radius 2 is 1.92 bits per heavy atom. The van der Waals surface area contributed by atoms with Crippen LogP contribution in [0.25, 0.3) is 0 Å². The van der Waals surface area contributed by atoms with E-state index >= 15 is 0 Å². The molecule has 2 aromatic heterocycles. The molecule has 2 heterocycles. The first-order chi connectivity index (χ1) is 12.1. The van der Waals surface area contributed by atoms with Gasteiger partial charge in [-0.2, -0.15) is 0 Å². The molecule has 0 aliphatic heterocycles. The maximum atomic E-state index is 13.1. The Labute approximate surface area is 148 Å². The topological polar surface area (TPSA) is 79.8 Å². The molecule has 0 atom stereocenters. The second-order valence-electron chi connectivity index (χ2n) is 5.08. The van der Waals surface area contributed by atoms with Crippen LogP contribution in [0.15, 0.2) is 55.1 Å². The molecule has 1 amide bonds. The van der Waals surface area contributed by atoms with Crippen LogP contribution < -0.4 is 10.6 Å². The highest BCUT2D eigenvalue weighted by atomic mass is 35.5. The van der Waals surface area contributed by atoms with Crippen LogP contribution in [0.3, 0.4) is 0 Å². The van der Waals surface area contributed by atoms with Crippen LogP contribution in [-0.2, 0) is 6.54 Å².